The minimum absolute atomic E-state index is 0.523. The molecular weight excluding hydrogens is 222 g/mol. The molecule has 92 valence electrons. The summed E-state index contributed by atoms with van der Waals surface area (Å²) in [4.78, 5) is 0. The standard InChI is InChI=1S/C11H21N3OS/c1-9(2)6-5-7-16(15)8-11-13-12-10(3)14(11)4/h9H,5-8H2,1-4H3/t16-/m0/s1. The topological polar surface area (TPSA) is 47.8 Å². The summed E-state index contributed by atoms with van der Waals surface area (Å²) < 4.78 is 13.7. The van der Waals surface area contributed by atoms with Crippen molar-refractivity contribution in [1.29, 1.82) is 0 Å². The Bertz CT molecular complexity index is 360. The van der Waals surface area contributed by atoms with Gasteiger partial charge in [-0.1, -0.05) is 20.3 Å². The summed E-state index contributed by atoms with van der Waals surface area (Å²) >= 11 is 0. The molecule has 0 saturated heterocycles. The van der Waals surface area contributed by atoms with Crippen LogP contribution in [0.1, 0.15) is 38.3 Å². The van der Waals surface area contributed by atoms with Crippen LogP contribution in [0, 0.1) is 12.8 Å². The van der Waals surface area contributed by atoms with Gasteiger partial charge in [0.2, 0.25) is 0 Å². The number of hydrogen-bond acceptors (Lipinski definition) is 3. The molecule has 0 aliphatic rings. The monoisotopic (exact) mass is 243 g/mol. The fourth-order valence-electron chi connectivity index (χ4n) is 1.45. The van der Waals surface area contributed by atoms with E-state index < -0.39 is 10.8 Å². The Balaban J connectivity index is 2.37. The summed E-state index contributed by atoms with van der Waals surface area (Å²) in [5, 5.41) is 7.97. The summed E-state index contributed by atoms with van der Waals surface area (Å²) in [5.41, 5.74) is 0. The van der Waals surface area contributed by atoms with Gasteiger partial charge in [0, 0.05) is 23.6 Å². The van der Waals surface area contributed by atoms with Gasteiger partial charge in [0.25, 0.3) is 0 Å². The molecule has 0 unspecified atom stereocenters. The van der Waals surface area contributed by atoms with E-state index in [-0.39, 0.29) is 0 Å². The maximum atomic E-state index is 11.8. The molecule has 1 heterocycles. The maximum Gasteiger partial charge on any atom is 0.145 e. The van der Waals surface area contributed by atoms with E-state index in [0.29, 0.717) is 11.7 Å². The molecule has 16 heavy (non-hydrogen) atoms. The van der Waals surface area contributed by atoms with Crippen molar-refractivity contribution in [3.8, 4) is 0 Å². The second kappa shape index (κ2) is 6.13. The molecule has 0 bridgehead atoms. The SMILES string of the molecule is Cc1nnc(C[S@@](=O)CCCC(C)C)n1C. The molecule has 0 saturated carbocycles. The Morgan fingerprint density at radius 2 is 2.06 bits per heavy atom. The van der Waals surface area contributed by atoms with Crippen LogP contribution in [-0.4, -0.2) is 24.7 Å². The lowest BCUT2D eigenvalue weighted by Crippen LogP contribution is -2.07. The fourth-order valence-corrected chi connectivity index (χ4v) is 2.62. The Morgan fingerprint density at radius 3 is 2.56 bits per heavy atom. The van der Waals surface area contributed by atoms with Crippen LogP contribution in [0.4, 0.5) is 0 Å². The predicted molar refractivity (Wildman–Crippen MR) is 66.5 cm³/mol. The van der Waals surface area contributed by atoms with Crippen molar-refractivity contribution < 1.29 is 4.21 Å². The van der Waals surface area contributed by atoms with Gasteiger partial charge in [-0.2, -0.15) is 0 Å². The van der Waals surface area contributed by atoms with Gasteiger partial charge in [-0.25, -0.2) is 0 Å². The average molecular weight is 243 g/mol. The lowest BCUT2D eigenvalue weighted by molar-refractivity contribution is 0.575. The highest BCUT2D eigenvalue weighted by Crippen LogP contribution is 2.07. The third-order valence-electron chi connectivity index (χ3n) is 2.63. The molecule has 5 heteroatoms. The molecule has 1 aromatic heterocycles. The van der Waals surface area contributed by atoms with Crippen LogP contribution in [0.2, 0.25) is 0 Å². The van der Waals surface area contributed by atoms with E-state index in [2.05, 4.69) is 24.0 Å². The highest BCUT2D eigenvalue weighted by atomic mass is 32.2. The summed E-state index contributed by atoms with van der Waals surface area (Å²) in [5.74, 6) is 3.67. The van der Waals surface area contributed by atoms with Crippen molar-refractivity contribution in [3.05, 3.63) is 11.6 Å². The van der Waals surface area contributed by atoms with Crippen molar-refractivity contribution in [2.24, 2.45) is 13.0 Å². The first-order chi connectivity index (χ1) is 7.50. The third kappa shape index (κ3) is 4.04. The second-order valence-corrected chi connectivity index (χ2v) is 6.12. The van der Waals surface area contributed by atoms with Crippen molar-refractivity contribution in [1.82, 2.24) is 14.8 Å². The number of hydrogen-bond donors (Lipinski definition) is 0. The summed E-state index contributed by atoms with van der Waals surface area (Å²) in [7, 11) is 1.10. The van der Waals surface area contributed by atoms with Crippen molar-refractivity contribution in [2.45, 2.75) is 39.4 Å². The van der Waals surface area contributed by atoms with E-state index in [9.17, 15) is 4.21 Å². The van der Waals surface area contributed by atoms with Crippen LogP contribution in [0.15, 0.2) is 0 Å². The minimum atomic E-state index is -0.808. The van der Waals surface area contributed by atoms with Crippen LogP contribution in [0.3, 0.4) is 0 Å². The summed E-state index contributed by atoms with van der Waals surface area (Å²) in [6, 6.07) is 0. The molecule has 0 amide bonds. The molecule has 0 N–H and O–H groups in total. The number of aromatic nitrogens is 3. The van der Waals surface area contributed by atoms with Crippen molar-refractivity contribution in [2.75, 3.05) is 5.75 Å². The maximum absolute atomic E-state index is 11.8. The molecule has 0 fully saturated rings. The van der Waals surface area contributed by atoms with Crippen molar-refractivity contribution >= 4 is 10.8 Å². The molecule has 0 aliphatic carbocycles. The molecule has 0 aromatic carbocycles. The number of nitrogens with zero attached hydrogens (tertiary/aromatic N) is 3. The Labute approximate surface area is 99.9 Å². The van der Waals surface area contributed by atoms with Gasteiger partial charge in [-0.3, -0.25) is 4.21 Å². The van der Waals surface area contributed by atoms with Gasteiger partial charge < -0.3 is 4.57 Å². The fraction of sp³-hybridized carbons (Fsp3) is 0.818. The first-order valence-electron chi connectivity index (χ1n) is 5.70. The van der Waals surface area contributed by atoms with Gasteiger partial charge >= 0.3 is 0 Å². The predicted octanol–water partition coefficient (Wildman–Crippen LogP) is 1.81. The van der Waals surface area contributed by atoms with Crippen LogP contribution >= 0.6 is 0 Å². The van der Waals surface area contributed by atoms with Crippen LogP contribution < -0.4 is 0 Å². The highest BCUT2D eigenvalue weighted by molar-refractivity contribution is 7.84. The van der Waals surface area contributed by atoms with E-state index in [4.69, 9.17) is 0 Å². The quantitative estimate of drug-likeness (QED) is 0.765. The van der Waals surface area contributed by atoms with E-state index in [1.54, 1.807) is 0 Å². The lowest BCUT2D eigenvalue weighted by Gasteiger charge is -2.04. The van der Waals surface area contributed by atoms with Crippen LogP contribution in [0.25, 0.3) is 0 Å². The molecule has 4 nitrogen and oxygen atoms in total. The van der Waals surface area contributed by atoms with Crippen molar-refractivity contribution in [3.63, 3.8) is 0 Å². The van der Waals surface area contributed by atoms with Crippen LogP contribution in [-0.2, 0) is 23.6 Å². The second-order valence-electron chi connectivity index (χ2n) is 4.55. The zero-order chi connectivity index (χ0) is 12.1. The van der Waals surface area contributed by atoms with Gasteiger partial charge in [-0.15, -0.1) is 10.2 Å². The Morgan fingerprint density at radius 1 is 1.38 bits per heavy atom. The zero-order valence-electron chi connectivity index (χ0n) is 10.6. The third-order valence-corrected chi connectivity index (χ3v) is 3.95. The first kappa shape index (κ1) is 13.4. The molecule has 0 radical (unpaired) electrons. The Kier molecular flexibility index (Phi) is 5.12. The van der Waals surface area contributed by atoms with E-state index in [1.165, 1.54) is 0 Å². The van der Waals surface area contributed by atoms with E-state index in [1.807, 2.05) is 18.5 Å². The lowest BCUT2D eigenvalue weighted by atomic mass is 10.1. The first-order valence-corrected chi connectivity index (χ1v) is 7.19. The van der Waals surface area contributed by atoms with Gasteiger partial charge in [0.15, 0.2) is 0 Å². The number of rotatable bonds is 6. The zero-order valence-corrected chi connectivity index (χ0v) is 11.4. The normalized spacial score (nSPS) is 13.3. The number of aryl methyl sites for hydroxylation is 1. The van der Waals surface area contributed by atoms with Gasteiger partial charge in [0.05, 0.1) is 5.75 Å². The smallest absolute Gasteiger partial charge is 0.145 e. The molecule has 1 rings (SSSR count). The van der Waals surface area contributed by atoms with E-state index in [0.717, 1.165) is 30.2 Å². The Hall–Kier alpha value is -0.710. The average Bonchev–Trinajstić information content (AvgIpc) is 2.49. The molecule has 0 aliphatic heterocycles. The van der Waals surface area contributed by atoms with Gasteiger partial charge in [0.1, 0.15) is 11.6 Å². The molecule has 1 atom stereocenters. The van der Waals surface area contributed by atoms with Crippen LogP contribution in [0.5, 0.6) is 0 Å². The molecule has 0 spiro atoms. The minimum Gasteiger partial charge on any atom is -0.318 e. The molecule has 1 aromatic rings. The molecular formula is C11H21N3OS. The summed E-state index contributed by atoms with van der Waals surface area (Å²) in [6.07, 6.45) is 2.17. The van der Waals surface area contributed by atoms with E-state index >= 15 is 0 Å². The van der Waals surface area contributed by atoms with Gasteiger partial charge in [-0.05, 0) is 19.3 Å². The summed E-state index contributed by atoms with van der Waals surface area (Å²) in [6.45, 7) is 6.28. The largest absolute Gasteiger partial charge is 0.318 e. The highest BCUT2D eigenvalue weighted by Gasteiger charge is 2.09.